The maximum Gasteiger partial charge on any atom is 0.265 e. The Labute approximate surface area is 151 Å². The summed E-state index contributed by atoms with van der Waals surface area (Å²) in [5, 5.41) is 7.54. The van der Waals surface area contributed by atoms with E-state index in [1.807, 2.05) is 11.4 Å². The number of carbonyl (C=O) groups is 2. The predicted octanol–water partition coefficient (Wildman–Crippen LogP) is 3.63. The lowest BCUT2D eigenvalue weighted by Gasteiger charge is -2.22. The summed E-state index contributed by atoms with van der Waals surface area (Å²) in [6.07, 6.45) is 3.41. The summed E-state index contributed by atoms with van der Waals surface area (Å²) >= 11 is 1.38. The highest BCUT2D eigenvalue weighted by molar-refractivity contribution is 7.12. The maximum absolute atomic E-state index is 12.3. The van der Waals surface area contributed by atoms with Crippen molar-refractivity contribution in [1.82, 2.24) is 0 Å². The molecule has 0 radical (unpaired) electrons. The van der Waals surface area contributed by atoms with Crippen LogP contribution in [0.15, 0.2) is 41.8 Å². The van der Waals surface area contributed by atoms with Crippen LogP contribution in [0.4, 0.5) is 11.4 Å². The van der Waals surface area contributed by atoms with E-state index in [0.29, 0.717) is 29.1 Å². The highest BCUT2D eigenvalue weighted by Crippen LogP contribution is 2.28. The first-order valence-corrected chi connectivity index (χ1v) is 8.50. The Balaban J connectivity index is 0.00000208. The molecule has 128 valence electrons. The second kappa shape index (κ2) is 7.79. The quantitative estimate of drug-likeness (QED) is 0.773. The SMILES string of the molecule is Cl.NC1(C(=O)Nc2cccc(NC(=O)c3cccs3)c2)CCCC1. The molecule has 2 aromatic rings. The van der Waals surface area contributed by atoms with Gasteiger partial charge in [0.1, 0.15) is 0 Å². The van der Waals surface area contributed by atoms with Crippen LogP contribution < -0.4 is 16.4 Å². The molecule has 0 saturated heterocycles. The van der Waals surface area contributed by atoms with Crippen molar-refractivity contribution in [3.8, 4) is 0 Å². The zero-order chi connectivity index (χ0) is 16.3. The van der Waals surface area contributed by atoms with E-state index < -0.39 is 5.54 Å². The molecule has 0 unspecified atom stereocenters. The van der Waals surface area contributed by atoms with Gasteiger partial charge >= 0.3 is 0 Å². The number of hydrogen-bond acceptors (Lipinski definition) is 4. The molecule has 5 nitrogen and oxygen atoms in total. The van der Waals surface area contributed by atoms with Gasteiger partial charge in [0.2, 0.25) is 5.91 Å². The minimum Gasteiger partial charge on any atom is -0.324 e. The van der Waals surface area contributed by atoms with Gasteiger partial charge in [-0.15, -0.1) is 23.7 Å². The Morgan fingerprint density at radius 2 is 1.71 bits per heavy atom. The fourth-order valence-electron chi connectivity index (χ4n) is 2.76. The van der Waals surface area contributed by atoms with Crippen LogP contribution in [-0.4, -0.2) is 17.4 Å². The van der Waals surface area contributed by atoms with E-state index in [1.165, 1.54) is 11.3 Å². The minimum atomic E-state index is -0.768. The summed E-state index contributed by atoms with van der Waals surface area (Å²) in [5.74, 6) is -0.314. The molecule has 1 saturated carbocycles. The van der Waals surface area contributed by atoms with Crippen molar-refractivity contribution in [2.75, 3.05) is 10.6 Å². The first-order chi connectivity index (χ1) is 11.1. The van der Waals surface area contributed by atoms with Crippen LogP contribution in [0.2, 0.25) is 0 Å². The van der Waals surface area contributed by atoms with Gasteiger partial charge in [-0.05, 0) is 42.5 Å². The van der Waals surface area contributed by atoms with Crippen LogP contribution >= 0.6 is 23.7 Å². The first kappa shape index (κ1) is 18.4. The predicted molar refractivity (Wildman–Crippen MR) is 100.0 cm³/mol. The molecule has 4 N–H and O–H groups in total. The van der Waals surface area contributed by atoms with Crippen LogP contribution in [-0.2, 0) is 4.79 Å². The number of anilines is 2. The molecule has 0 spiro atoms. The van der Waals surface area contributed by atoms with Gasteiger partial charge < -0.3 is 16.4 Å². The number of halogens is 1. The van der Waals surface area contributed by atoms with Crippen LogP contribution in [0.3, 0.4) is 0 Å². The van der Waals surface area contributed by atoms with Gasteiger partial charge in [-0.25, -0.2) is 0 Å². The molecule has 3 rings (SSSR count). The van der Waals surface area contributed by atoms with Crippen molar-refractivity contribution in [1.29, 1.82) is 0 Å². The third-order valence-corrected chi connectivity index (χ3v) is 4.94. The molecule has 0 bridgehead atoms. The lowest BCUT2D eigenvalue weighted by molar-refractivity contribution is -0.121. The number of benzene rings is 1. The number of rotatable bonds is 4. The number of hydrogen-bond donors (Lipinski definition) is 3. The first-order valence-electron chi connectivity index (χ1n) is 7.62. The summed E-state index contributed by atoms with van der Waals surface area (Å²) in [6, 6.07) is 10.7. The Morgan fingerprint density at radius 3 is 2.33 bits per heavy atom. The molecule has 1 aromatic heterocycles. The second-order valence-electron chi connectivity index (χ2n) is 5.83. The molecule has 1 aliphatic carbocycles. The van der Waals surface area contributed by atoms with Gasteiger partial charge in [-0.2, -0.15) is 0 Å². The maximum atomic E-state index is 12.3. The number of nitrogens with two attached hydrogens (primary N) is 1. The third-order valence-electron chi connectivity index (χ3n) is 4.07. The average Bonchev–Trinajstić information content (AvgIpc) is 3.19. The van der Waals surface area contributed by atoms with Crippen molar-refractivity contribution in [3.63, 3.8) is 0 Å². The Hall–Kier alpha value is -1.89. The van der Waals surface area contributed by atoms with E-state index >= 15 is 0 Å². The van der Waals surface area contributed by atoms with Gasteiger partial charge in [0.05, 0.1) is 10.4 Å². The number of carbonyl (C=O) groups excluding carboxylic acids is 2. The molecule has 24 heavy (non-hydrogen) atoms. The summed E-state index contributed by atoms with van der Waals surface area (Å²) in [4.78, 5) is 25.0. The minimum absolute atomic E-state index is 0. The van der Waals surface area contributed by atoms with Crippen LogP contribution in [0.5, 0.6) is 0 Å². The molecular formula is C17H20ClN3O2S. The fraction of sp³-hybridized carbons (Fsp3) is 0.294. The average molecular weight is 366 g/mol. The van der Waals surface area contributed by atoms with E-state index in [1.54, 1.807) is 30.3 Å². The van der Waals surface area contributed by atoms with E-state index in [2.05, 4.69) is 10.6 Å². The molecule has 7 heteroatoms. The fourth-order valence-corrected chi connectivity index (χ4v) is 3.38. The normalized spacial score (nSPS) is 15.4. The lowest BCUT2D eigenvalue weighted by atomic mass is 9.98. The van der Waals surface area contributed by atoms with Gasteiger partial charge in [0, 0.05) is 11.4 Å². The van der Waals surface area contributed by atoms with Crippen molar-refractivity contribution in [2.45, 2.75) is 31.2 Å². The second-order valence-corrected chi connectivity index (χ2v) is 6.78. The van der Waals surface area contributed by atoms with E-state index in [-0.39, 0.29) is 24.2 Å². The molecular weight excluding hydrogens is 346 g/mol. The monoisotopic (exact) mass is 365 g/mol. The highest BCUT2D eigenvalue weighted by Gasteiger charge is 2.36. The van der Waals surface area contributed by atoms with Gasteiger partial charge in [0.15, 0.2) is 0 Å². The third kappa shape index (κ3) is 4.14. The molecule has 1 aliphatic rings. The lowest BCUT2D eigenvalue weighted by Crippen LogP contribution is -2.48. The van der Waals surface area contributed by atoms with Crippen molar-refractivity contribution >= 4 is 46.9 Å². The zero-order valence-corrected chi connectivity index (χ0v) is 14.7. The molecule has 0 aliphatic heterocycles. The smallest absolute Gasteiger partial charge is 0.265 e. The summed E-state index contributed by atoms with van der Waals surface area (Å²) in [7, 11) is 0. The molecule has 2 amide bonds. The summed E-state index contributed by atoms with van der Waals surface area (Å²) in [5.41, 5.74) is 6.66. The van der Waals surface area contributed by atoms with Crippen molar-refractivity contribution in [2.24, 2.45) is 5.73 Å². The van der Waals surface area contributed by atoms with Gasteiger partial charge in [-0.3, -0.25) is 9.59 Å². The Morgan fingerprint density at radius 1 is 1.04 bits per heavy atom. The molecule has 0 atom stereocenters. The zero-order valence-electron chi connectivity index (χ0n) is 13.1. The van der Waals surface area contributed by atoms with Crippen LogP contribution in [0.1, 0.15) is 35.4 Å². The Kier molecular flexibility index (Phi) is 5.99. The number of thiophene rings is 1. The topological polar surface area (TPSA) is 84.2 Å². The van der Waals surface area contributed by atoms with Crippen LogP contribution in [0.25, 0.3) is 0 Å². The summed E-state index contributed by atoms with van der Waals surface area (Å²) in [6.45, 7) is 0. The highest BCUT2D eigenvalue weighted by atomic mass is 35.5. The standard InChI is InChI=1S/C17H19N3O2S.ClH/c18-17(8-1-2-9-17)16(22)20-13-6-3-5-12(11-13)19-15(21)14-7-4-10-23-14;/h3-7,10-11H,1-2,8-9,18H2,(H,19,21)(H,20,22);1H. The molecule has 1 aromatic carbocycles. The van der Waals surface area contributed by atoms with E-state index in [0.717, 1.165) is 12.8 Å². The van der Waals surface area contributed by atoms with Crippen molar-refractivity contribution in [3.05, 3.63) is 46.7 Å². The van der Waals surface area contributed by atoms with Crippen molar-refractivity contribution < 1.29 is 9.59 Å². The number of nitrogens with one attached hydrogen (secondary N) is 2. The van der Waals surface area contributed by atoms with E-state index in [4.69, 9.17) is 5.73 Å². The van der Waals surface area contributed by atoms with Crippen LogP contribution in [0, 0.1) is 0 Å². The Bertz CT molecular complexity index is 712. The number of amides is 2. The van der Waals surface area contributed by atoms with E-state index in [9.17, 15) is 9.59 Å². The molecule has 1 heterocycles. The summed E-state index contributed by atoms with van der Waals surface area (Å²) < 4.78 is 0. The molecule has 1 fully saturated rings. The van der Waals surface area contributed by atoms with Gasteiger partial charge in [-0.1, -0.05) is 25.0 Å². The largest absolute Gasteiger partial charge is 0.324 e. The van der Waals surface area contributed by atoms with Gasteiger partial charge in [0.25, 0.3) is 5.91 Å².